The zero-order chi connectivity index (χ0) is 10.9. The Balaban J connectivity index is 3.02. The Hall–Kier alpha value is -1.10. The van der Waals surface area contributed by atoms with Crippen LogP contribution >= 0.6 is 11.3 Å². The minimum atomic E-state index is -0.166. The van der Waals surface area contributed by atoms with Gasteiger partial charge in [-0.15, -0.1) is 0 Å². The van der Waals surface area contributed by atoms with Crippen molar-refractivity contribution in [1.29, 1.82) is 0 Å². The second-order valence-electron chi connectivity index (χ2n) is 3.47. The number of nitrogens with one attached hydrogen (secondary N) is 1. The van der Waals surface area contributed by atoms with Crippen LogP contribution < -0.4 is 10.2 Å². The van der Waals surface area contributed by atoms with Crippen LogP contribution in [0.1, 0.15) is 29.2 Å². The molecular formula is C9H14N2O2S. The van der Waals surface area contributed by atoms with Gasteiger partial charge in [-0.1, -0.05) is 11.3 Å². The number of aromatic nitrogens is 1. The average molecular weight is 214 g/mol. The van der Waals surface area contributed by atoms with Crippen LogP contribution in [-0.4, -0.2) is 16.5 Å². The largest absolute Gasteiger partial charge is 0.349 e. The van der Waals surface area contributed by atoms with E-state index in [1.54, 1.807) is 14.0 Å². The Bertz CT molecular complexity index is 403. The molecule has 0 aliphatic carbocycles. The van der Waals surface area contributed by atoms with Gasteiger partial charge in [-0.05, 0) is 20.8 Å². The summed E-state index contributed by atoms with van der Waals surface area (Å²) < 4.78 is 1.49. The van der Waals surface area contributed by atoms with Crippen molar-refractivity contribution in [1.82, 2.24) is 9.88 Å². The maximum Gasteiger partial charge on any atom is 0.307 e. The Kier molecular flexibility index (Phi) is 3.10. The van der Waals surface area contributed by atoms with E-state index in [1.165, 1.54) is 4.57 Å². The lowest BCUT2D eigenvalue weighted by Gasteiger charge is -2.06. The number of carbonyl (C=O) groups is 1. The number of amides is 1. The summed E-state index contributed by atoms with van der Waals surface area (Å²) in [7, 11) is 1.67. The number of rotatable bonds is 2. The van der Waals surface area contributed by atoms with Crippen molar-refractivity contribution in [3.63, 3.8) is 0 Å². The summed E-state index contributed by atoms with van der Waals surface area (Å²) in [5.74, 6) is -0.166. The third-order valence-corrected chi connectivity index (χ3v) is 3.05. The molecule has 0 aromatic carbocycles. The van der Waals surface area contributed by atoms with Crippen LogP contribution in [0.2, 0.25) is 0 Å². The highest BCUT2D eigenvalue weighted by molar-refractivity contribution is 7.11. The minimum absolute atomic E-state index is 0.0874. The lowest BCUT2D eigenvalue weighted by Crippen LogP contribution is -2.30. The number of thiazole rings is 1. The lowest BCUT2D eigenvalue weighted by atomic mass is 10.3. The molecule has 0 saturated heterocycles. The molecule has 0 aliphatic heterocycles. The average Bonchev–Trinajstić information content (AvgIpc) is 2.32. The SMILES string of the molecule is Cc1c(C(=O)NC(C)C)sc(=O)n1C. The van der Waals surface area contributed by atoms with E-state index in [1.807, 2.05) is 13.8 Å². The van der Waals surface area contributed by atoms with Crippen LogP contribution in [0.3, 0.4) is 0 Å². The van der Waals surface area contributed by atoms with Crippen LogP contribution in [-0.2, 0) is 7.05 Å². The first-order chi connectivity index (χ1) is 6.43. The molecule has 0 unspecified atom stereocenters. The van der Waals surface area contributed by atoms with E-state index < -0.39 is 0 Å². The van der Waals surface area contributed by atoms with Crippen LogP contribution in [0.15, 0.2) is 4.79 Å². The molecule has 0 saturated carbocycles. The zero-order valence-corrected chi connectivity index (χ0v) is 9.57. The molecule has 1 N–H and O–H groups in total. The Morgan fingerprint density at radius 1 is 1.50 bits per heavy atom. The van der Waals surface area contributed by atoms with Gasteiger partial charge in [0.1, 0.15) is 4.88 Å². The van der Waals surface area contributed by atoms with Gasteiger partial charge in [0.2, 0.25) is 0 Å². The number of nitrogens with zero attached hydrogens (tertiary/aromatic N) is 1. The molecule has 0 bridgehead atoms. The molecule has 1 aromatic heterocycles. The van der Waals surface area contributed by atoms with E-state index in [9.17, 15) is 9.59 Å². The molecule has 5 heteroatoms. The number of hydrogen-bond acceptors (Lipinski definition) is 3. The van der Waals surface area contributed by atoms with Crippen molar-refractivity contribution in [3.8, 4) is 0 Å². The molecule has 1 heterocycles. The molecule has 0 aliphatic rings. The Morgan fingerprint density at radius 2 is 2.07 bits per heavy atom. The van der Waals surface area contributed by atoms with Crippen molar-refractivity contribution in [3.05, 3.63) is 20.2 Å². The van der Waals surface area contributed by atoms with Gasteiger partial charge in [-0.2, -0.15) is 0 Å². The topological polar surface area (TPSA) is 51.1 Å². The number of carbonyl (C=O) groups excluding carboxylic acids is 1. The van der Waals surface area contributed by atoms with Crippen LogP contribution in [0.25, 0.3) is 0 Å². The van der Waals surface area contributed by atoms with Gasteiger partial charge in [0.25, 0.3) is 5.91 Å². The standard InChI is InChI=1S/C9H14N2O2S/c1-5(2)10-8(12)7-6(3)11(4)9(13)14-7/h5H,1-4H3,(H,10,12). The van der Waals surface area contributed by atoms with E-state index in [4.69, 9.17) is 0 Å². The van der Waals surface area contributed by atoms with Gasteiger partial charge >= 0.3 is 4.87 Å². The monoisotopic (exact) mass is 214 g/mol. The van der Waals surface area contributed by atoms with E-state index in [0.29, 0.717) is 4.88 Å². The van der Waals surface area contributed by atoms with E-state index in [-0.39, 0.29) is 16.8 Å². The first-order valence-electron chi connectivity index (χ1n) is 4.40. The molecular weight excluding hydrogens is 200 g/mol. The van der Waals surface area contributed by atoms with Crippen molar-refractivity contribution >= 4 is 17.2 Å². The predicted octanol–water partition coefficient (Wildman–Crippen LogP) is 0.893. The minimum Gasteiger partial charge on any atom is -0.349 e. The van der Waals surface area contributed by atoms with Crippen LogP contribution in [0.4, 0.5) is 0 Å². The molecule has 1 rings (SSSR count). The summed E-state index contributed by atoms with van der Waals surface area (Å²) in [5, 5.41) is 2.76. The van der Waals surface area contributed by atoms with Gasteiger partial charge < -0.3 is 9.88 Å². The third-order valence-electron chi connectivity index (χ3n) is 1.92. The van der Waals surface area contributed by atoms with Gasteiger partial charge in [-0.25, -0.2) is 0 Å². The fourth-order valence-corrected chi connectivity index (χ4v) is 1.94. The molecule has 0 atom stereocenters. The van der Waals surface area contributed by atoms with Gasteiger partial charge in [0.15, 0.2) is 0 Å². The summed E-state index contributed by atoms with van der Waals surface area (Å²) in [6.45, 7) is 5.55. The van der Waals surface area contributed by atoms with E-state index >= 15 is 0 Å². The number of hydrogen-bond donors (Lipinski definition) is 1. The van der Waals surface area contributed by atoms with Crippen molar-refractivity contribution < 1.29 is 4.79 Å². The maximum absolute atomic E-state index is 11.6. The second kappa shape index (κ2) is 3.96. The van der Waals surface area contributed by atoms with Crippen molar-refractivity contribution in [2.24, 2.45) is 7.05 Å². The summed E-state index contributed by atoms with van der Waals surface area (Å²) >= 11 is 0.986. The predicted molar refractivity (Wildman–Crippen MR) is 56.9 cm³/mol. The summed E-state index contributed by atoms with van der Waals surface area (Å²) in [5.41, 5.74) is 0.721. The molecule has 1 aromatic rings. The van der Waals surface area contributed by atoms with Gasteiger partial charge in [0.05, 0.1) is 0 Å². The molecule has 0 fully saturated rings. The fourth-order valence-electron chi connectivity index (χ4n) is 1.06. The molecule has 0 spiro atoms. The van der Waals surface area contributed by atoms with Gasteiger partial charge in [-0.3, -0.25) is 9.59 Å². The van der Waals surface area contributed by atoms with Crippen LogP contribution in [0, 0.1) is 6.92 Å². The van der Waals surface area contributed by atoms with Crippen molar-refractivity contribution in [2.45, 2.75) is 26.8 Å². The van der Waals surface area contributed by atoms with Crippen molar-refractivity contribution in [2.75, 3.05) is 0 Å². The first-order valence-corrected chi connectivity index (χ1v) is 5.22. The molecule has 1 amide bonds. The molecule has 4 nitrogen and oxygen atoms in total. The Labute approximate surface area is 86.6 Å². The summed E-state index contributed by atoms with van der Waals surface area (Å²) in [4.78, 5) is 23.2. The molecule has 78 valence electrons. The summed E-state index contributed by atoms with van der Waals surface area (Å²) in [6.07, 6.45) is 0. The quantitative estimate of drug-likeness (QED) is 0.795. The van der Waals surface area contributed by atoms with E-state index in [0.717, 1.165) is 17.0 Å². The highest BCUT2D eigenvalue weighted by Gasteiger charge is 2.15. The lowest BCUT2D eigenvalue weighted by molar-refractivity contribution is 0.0946. The smallest absolute Gasteiger partial charge is 0.307 e. The highest BCUT2D eigenvalue weighted by atomic mass is 32.1. The fraction of sp³-hybridized carbons (Fsp3) is 0.556. The zero-order valence-electron chi connectivity index (χ0n) is 8.75. The first kappa shape index (κ1) is 11.0. The Morgan fingerprint density at radius 3 is 2.43 bits per heavy atom. The second-order valence-corrected chi connectivity index (χ2v) is 4.43. The third kappa shape index (κ3) is 2.04. The molecule has 0 radical (unpaired) electrons. The molecule has 14 heavy (non-hydrogen) atoms. The normalized spacial score (nSPS) is 10.6. The summed E-state index contributed by atoms with van der Waals surface area (Å²) in [6, 6.07) is 0.0874. The highest BCUT2D eigenvalue weighted by Crippen LogP contribution is 2.10. The van der Waals surface area contributed by atoms with Gasteiger partial charge in [0, 0.05) is 18.8 Å². The maximum atomic E-state index is 11.6. The van der Waals surface area contributed by atoms with Crippen LogP contribution in [0.5, 0.6) is 0 Å². The van der Waals surface area contributed by atoms with E-state index in [2.05, 4.69) is 5.32 Å².